The van der Waals surface area contributed by atoms with E-state index in [2.05, 4.69) is 20.0 Å². The molecule has 0 saturated carbocycles. The van der Waals surface area contributed by atoms with Gasteiger partial charge in [-0.2, -0.15) is 16.8 Å². The van der Waals surface area contributed by atoms with Crippen LogP contribution in [0.4, 0.5) is 5.69 Å². The second kappa shape index (κ2) is 10.5. The third-order valence-electron chi connectivity index (χ3n) is 7.38. The summed E-state index contributed by atoms with van der Waals surface area (Å²) in [6.45, 7) is 0. The van der Waals surface area contributed by atoms with Crippen molar-refractivity contribution in [3.05, 3.63) is 125 Å². The van der Waals surface area contributed by atoms with E-state index in [0.29, 0.717) is 51.0 Å². The predicted octanol–water partition coefficient (Wildman–Crippen LogP) is 3.76. The van der Waals surface area contributed by atoms with Crippen LogP contribution in [0, 0.1) is 0 Å². The maximum atomic E-state index is 13.0. The van der Waals surface area contributed by atoms with E-state index in [0.717, 1.165) is 11.1 Å². The van der Waals surface area contributed by atoms with Gasteiger partial charge >= 0.3 is 0 Å². The Balaban J connectivity index is 1.62. The summed E-state index contributed by atoms with van der Waals surface area (Å²) in [7, 11) is -5.37. The molecule has 44 heavy (non-hydrogen) atoms. The first kappa shape index (κ1) is 27.1. The van der Waals surface area contributed by atoms with Gasteiger partial charge < -0.3 is 21.4 Å². The number of allylic oxidation sites excluding steroid dienone is 4. The standard InChI is InChI=1S/C32H22N6O4S2/c33-19-8-4-7-18(15-19)27-26-16-20-9-10-23(35-20)31(43(39)40)24-13-11-21(36-24)29(34)22-12-14-25(37-22)32(44(41)42)30(38-26)28(27)17-5-2-1-3-6-17/h1-16,36,38H,33-34H2. The molecule has 10 nitrogen and oxygen atoms in total. The first-order valence-corrected chi connectivity index (χ1v) is 15.5. The highest BCUT2D eigenvalue weighted by molar-refractivity contribution is 7.75. The third-order valence-corrected chi connectivity index (χ3v) is 8.89. The zero-order valence-electron chi connectivity index (χ0n) is 22.7. The van der Waals surface area contributed by atoms with Crippen LogP contribution >= 0.6 is 0 Å². The fourth-order valence-electron chi connectivity index (χ4n) is 5.49. The number of H-pyrrole nitrogens is 2. The molecule has 6 N–H and O–H groups in total. The van der Waals surface area contributed by atoms with Gasteiger partial charge in [0.2, 0.25) is 20.6 Å². The molecule has 0 radical (unpaired) electrons. The number of aromatic amines is 2. The molecule has 3 aliphatic heterocycles. The van der Waals surface area contributed by atoms with Gasteiger partial charge in [-0.05, 0) is 65.8 Å². The van der Waals surface area contributed by atoms with E-state index < -0.39 is 20.6 Å². The molecule has 0 fully saturated rings. The number of nitrogens with one attached hydrogen (secondary N) is 2. The Kier molecular flexibility index (Phi) is 6.49. The Morgan fingerprint density at radius 1 is 0.636 bits per heavy atom. The minimum absolute atomic E-state index is 0.0301. The molecule has 7 rings (SSSR count). The molecule has 3 aliphatic rings. The lowest BCUT2D eigenvalue weighted by atomic mass is 9.93. The number of nitrogen functional groups attached to an aromatic ring is 1. The maximum Gasteiger partial charge on any atom is 0.225 e. The van der Waals surface area contributed by atoms with Gasteiger partial charge in [-0.25, -0.2) is 9.98 Å². The molecule has 8 bridgehead atoms. The first-order valence-electron chi connectivity index (χ1n) is 13.3. The molecule has 0 amide bonds. The number of hydrogen-bond acceptors (Lipinski definition) is 8. The van der Waals surface area contributed by atoms with Crippen LogP contribution in [0.5, 0.6) is 0 Å². The first-order chi connectivity index (χ1) is 21.3. The molecule has 2 aromatic carbocycles. The minimum atomic E-state index is -2.74. The van der Waals surface area contributed by atoms with Gasteiger partial charge in [-0.3, -0.25) is 0 Å². The van der Waals surface area contributed by atoms with E-state index in [-0.39, 0.29) is 26.8 Å². The van der Waals surface area contributed by atoms with Crippen LogP contribution in [0.25, 0.3) is 34.0 Å². The normalized spacial score (nSPS) is 15.4. The van der Waals surface area contributed by atoms with E-state index in [1.54, 1.807) is 54.6 Å². The topological polar surface area (TPSA) is 177 Å². The lowest BCUT2D eigenvalue weighted by Crippen LogP contribution is -2.15. The highest BCUT2D eigenvalue weighted by atomic mass is 32.2. The van der Waals surface area contributed by atoms with Gasteiger partial charge in [0.25, 0.3) is 0 Å². The Morgan fingerprint density at radius 2 is 1.34 bits per heavy atom. The van der Waals surface area contributed by atoms with E-state index in [9.17, 15) is 16.8 Å². The second-order valence-corrected chi connectivity index (χ2v) is 11.9. The average Bonchev–Trinajstić information content (AvgIpc) is 3.81. The van der Waals surface area contributed by atoms with Crippen LogP contribution in [0.3, 0.4) is 0 Å². The van der Waals surface area contributed by atoms with Crippen LogP contribution in [0.2, 0.25) is 0 Å². The van der Waals surface area contributed by atoms with Crippen molar-refractivity contribution in [2.45, 2.75) is 0 Å². The Bertz CT molecular complexity index is 2380. The van der Waals surface area contributed by atoms with E-state index in [1.165, 1.54) is 0 Å². The number of benzene rings is 2. The van der Waals surface area contributed by atoms with E-state index in [4.69, 9.17) is 11.5 Å². The number of aliphatic imine (C=N–C) groups is 2. The number of anilines is 1. The highest BCUT2D eigenvalue weighted by Gasteiger charge is 2.28. The molecule has 0 atom stereocenters. The van der Waals surface area contributed by atoms with Gasteiger partial charge in [-0.1, -0.05) is 42.5 Å². The SMILES string of the molecule is NC1=C2C=CC(=N2)C(=S(=O)=O)c2[nH]c(c(-c3cccc(N)c3)c2-c2ccccc2)C=C2C=CC(=N2)C(=S(=O)=O)c2ccc1[nH]2. The van der Waals surface area contributed by atoms with Crippen LogP contribution in [-0.4, -0.2) is 48.0 Å². The van der Waals surface area contributed by atoms with Crippen LogP contribution in [-0.2, 0) is 20.6 Å². The molecular formula is C32H22N6O4S2. The molecule has 5 heterocycles. The Morgan fingerprint density at radius 3 is 2.09 bits per heavy atom. The van der Waals surface area contributed by atoms with Gasteiger partial charge in [0.05, 0.1) is 45.6 Å². The molecule has 4 aromatic rings. The number of nitrogens with two attached hydrogens (primary N) is 2. The fourth-order valence-corrected chi connectivity index (χ4v) is 6.68. The summed E-state index contributed by atoms with van der Waals surface area (Å²) in [5.74, 6) is 0. The molecule has 0 unspecified atom stereocenters. The number of aromatic nitrogens is 2. The lowest BCUT2D eigenvalue weighted by molar-refractivity contribution is 0.625. The lowest BCUT2D eigenvalue weighted by Gasteiger charge is -2.10. The number of hydrogen-bond donors (Lipinski definition) is 4. The van der Waals surface area contributed by atoms with Crippen molar-refractivity contribution >= 4 is 59.2 Å². The molecule has 216 valence electrons. The molecule has 0 spiro atoms. The average molecular weight is 619 g/mol. The van der Waals surface area contributed by atoms with Crippen molar-refractivity contribution < 1.29 is 16.8 Å². The van der Waals surface area contributed by atoms with Crippen molar-refractivity contribution in [2.75, 3.05) is 5.73 Å². The van der Waals surface area contributed by atoms with E-state index >= 15 is 0 Å². The van der Waals surface area contributed by atoms with Crippen LogP contribution in [0.15, 0.2) is 112 Å². The van der Waals surface area contributed by atoms with Gasteiger partial charge in [-0.15, -0.1) is 0 Å². The zero-order valence-corrected chi connectivity index (χ0v) is 24.4. The Hall–Kier alpha value is -5.72. The second-order valence-electron chi connectivity index (χ2n) is 10.1. The third kappa shape index (κ3) is 4.58. The fraction of sp³-hybridized carbons (Fsp3) is 0. The summed E-state index contributed by atoms with van der Waals surface area (Å²) < 4.78 is 50.9. The quantitative estimate of drug-likeness (QED) is 0.196. The van der Waals surface area contributed by atoms with Crippen LogP contribution in [0.1, 0.15) is 22.8 Å². The Labute approximate surface area is 254 Å². The molecule has 0 saturated heterocycles. The zero-order chi connectivity index (χ0) is 30.5. The van der Waals surface area contributed by atoms with Gasteiger partial charge in [0.15, 0.2) is 0 Å². The van der Waals surface area contributed by atoms with Crippen molar-refractivity contribution in [3.8, 4) is 22.3 Å². The van der Waals surface area contributed by atoms with Gasteiger partial charge in [0.1, 0.15) is 9.73 Å². The predicted molar refractivity (Wildman–Crippen MR) is 175 cm³/mol. The number of nitrogens with zero attached hydrogens (tertiary/aromatic N) is 2. The van der Waals surface area contributed by atoms with Gasteiger partial charge in [0, 0.05) is 22.5 Å². The molecule has 2 aromatic heterocycles. The monoisotopic (exact) mass is 618 g/mol. The summed E-state index contributed by atoms with van der Waals surface area (Å²) >= 11 is 0. The summed E-state index contributed by atoms with van der Waals surface area (Å²) in [5, 5.41) is 0. The van der Waals surface area contributed by atoms with Crippen LogP contribution < -0.4 is 11.5 Å². The summed E-state index contributed by atoms with van der Waals surface area (Å²) in [4.78, 5) is 15.5. The largest absolute Gasteiger partial charge is 0.399 e. The number of fused-ring (bicyclic) bond motifs is 6. The van der Waals surface area contributed by atoms with Crippen molar-refractivity contribution in [1.82, 2.24) is 9.97 Å². The van der Waals surface area contributed by atoms with Crippen molar-refractivity contribution in [1.29, 1.82) is 0 Å². The maximum absolute atomic E-state index is 13.0. The minimum Gasteiger partial charge on any atom is -0.399 e. The smallest absolute Gasteiger partial charge is 0.225 e. The highest BCUT2D eigenvalue weighted by Crippen LogP contribution is 2.41. The summed E-state index contributed by atoms with van der Waals surface area (Å²) in [6, 6.07) is 19.9. The van der Waals surface area contributed by atoms with E-state index in [1.807, 2.05) is 42.5 Å². The van der Waals surface area contributed by atoms with Crippen molar-refractivity contribution in [3.63, 3.8) is 0 Å². The molecule has 0 aliphatic carbocycles. The molecule has 12 heteroatoms. The summed E-state index contributed by atoms with van der Waals surface area (Å²) in [5.41, 5.74) is 18.9. The number of rotatable bonds is 2. The molecular weight excluding hydrogens is 597 g/mol. The van der Waals surface area contributed by atoms with Crippen molar-refractivity contribution in [2.24, 2.45) is 15.7 Å². The summed E-state index contributed by atoms with van der Waals surface area (Å²) in [6.07, 6.45) is 8.25.